The third kappa shape index (κ3) is 6.73. The number of hydrogen-bond acceptors (Lipinski definition) is 6. The molecular formula is C22H18F6N2O4S. The first-order chi connectivity index (χ1) is 15.5. The van der Waals surface area contributed by atoms with Crippen molar-refractivity contribution in [1.29, 1.82) is 10.5 Å². The summed E-state index contributed by atoms with van der Waals surface area (Å²) in [5.74, 6) is -1.51. The van der Waals surface area contributed by atoms with Crippen molar-refractivity contribution in [2.45, 2.75) is 37.4 Å². The number of nitriles is 2. The SMILES string of the molecule is C.C[C@](C#N)(COc1cc(C#N)ccc1C(F)(F)F)CC(=O)c1ccc(S(=O)(=O)C(F)(F)F)cc1. The number of benzene rings is 2. The van der Waals surface area contributed by atoms with Crippen LogP contribution in [0.3, 0.4) is 0 Å². The third-order valence-corrected chi connectivity index (χ3v) is 6.08. The van der Waals surface area contributed by atoms with E-state index < -0.39 is 62.0 Å². The number of nitrogens with zero attached hydrogens (tertiary/aromatic N) is 2. The Morgan fingerprint density at radius 2 is 1.57 bits per heavy atom. The molecule has 0 heterocycles. The number of ether oxygens (including phenoxy) is 1. The van der Waals surface area contributed by atoms with Crippen LogP contribution in [-0.2, 0) is 16.0 Å². The fourth-order valence-corrected chi connectivity index (χ4v) is 3.48. The fourth-order valence-electron chi connectivity index (χ4n) is 2.72. The van der Waals surface area contributed by atoms with Gasteiger partial charge in [0.25, 0.3) is 9.84 Å². The van der Waals surface area contributed by atoms with Gasteiger partial charge in [-0.1, -0.05) is 19.6 Å². The average molecular weight is 520 g/mol. The number of carbonyl (C=O) groups excluding carboxylic acids is 1. The predicted octanol–water partition coefficient (Wildman–Crippen LogP) is 5.69. The van der Waals surface area contributed by atoms with Crippen LogP contribution in [0.4, 0.5) is 26.3 Å². The van der Waals surface area contributed by atoms with Crippen molar-refractivity contribution >= 4 is 15.6 Å². The van der Waals surface area contributed by atoms with Crippen molar-refractivity contribution in [2.75, 3.05) is 6.61 Å². The lowest BCUT2D eigenvalue weighted by atomic mass is 9.85. The summed E-state index contributed by atoms with van der Waals surface area (Å²) in [6, 6.07) is 8.65. The van der Waals surface area contributed by atoms with Crippen LogP contribution < -0.4 is 4.74 Å². The molecule has 0 saturated carbocycles. The van der Waals surface area contributed by atoms with E-state index in [2.05, 4.69) is 0 Å². The van der Waals surface area contributed by atoms with Crippen LogP contribution in [0.5, 0.6) is 5.75 Å². The minimum Gasteiger partial charge on any atom is -0.491 e. The van der Waals surface area contributed by atoms with E-state index in [4.69, 9.17) is 10.00 Å². The summed E-state index contributed by atoms with van der Waals surface area (Å²) < 4.78 is 105. The van der Waals surface area contributed by atoms with E-state index in [1.165, 1.54) is 6.92 Å². The molecular weight excluding hydrogens is 502 g/mol. The van der Waals surface area contributed by atoms with Gasteiger partial charge in [0.1, 0.15) is 12.4 Å². The van der Waals surface area contributed by atoms with Gasteiger partial charge in [0.15, 0.2) is 5.78 Å². The molecule has 0 spiro atoms. The number of sulfone groups is 1. The highest BCUT2D eigenvalue weighted by molar-refractivity contribution is 7.92. The summed E-state index contributed by atoms with van der Waals surface area (Å²) in [6.45, 7) is 0.530. The number of carbonyl (C=O) groups is 1. The average Bonchev–Trinajstić information content (AvgIpc) is 2.76. The van der Waals surface area contributed by atoms with Gasteiger partial charge in [0, 0.05) is 12.0 Å². The highest BCUT2D eigenvalue weighted by Gasteiger charge is 2.46. The van der Waals surface area contributed by atoms with Crippen LogP contribution in [0.25, 0.3) is 0 Å². The van der Waals surface area contributed by atoms with Crippen molar-refractivity contribution in [3.05, 3.63) is 59.2 Å². The summed E-state index contributed by atoms with van der Waals surface area (Å²) in [5, 5.41) is 18.4. The van der Waals surface area contributed by atoms with E-state index in [1.54, 1.807) is 12.1 Å². The fraction of sp³-hybridized carbons (Fsp3) is 0.318. The summed E-state index contributed by atoms with van der Waals surface area (Å²) in [5.41, 5.74) is -8.75. The second-order valence-electron chi connectivity index (χ2n) is 7.36. The molecule has 0 aliphatic heterocycles. The Morgan fingerprint density at radius 3 is 2.03 bits per heavy atom. The molecule has 0 amide bonds. The quantitative estimate of drug-likeness (QED) is 0.343. The minimum absolute atomic E-state index is 0. The molecule has 2 rings (SSSR count). The van der Waals surface area contributed by atoms with E-state index >= 15 is 0 Å². The van der Waals surface area contributed by atoms with Gasteiger partial charge in [-0.25, -0.2) is 8.42 Å². The molecule has 188 valence electrons. The maximum Gasteiger partial charge on any atom is 0.501 e. The number of halogens is 6. The summed E-state index contributed by atoms with van der Waals surface area (Å²) in [6.07, 6.45) is -5.42. The first kappa shape index (κ1) is 29.5. The van der Waals surface area contributed by atoms with E-state index in [-0.39, 0.29) is 18.6 Å². The van der Waals surface area contributed by atoms with Crippen molar-refractivity contribution in [2.24, 2.45) is 5.41 Å². The van der Waals surface area contributed by atoms with Crippen molar-refractivity contribution in [1.82, 2.24) is 0 Å². The Bertz CT molecular complexity index is 1270. The highest BCUT2D eigenvalue weighted by Crippen LogP contribution is 2.38. The maximum atomic E-state index is 13.2. The number of rotatable bonds is 7. The van der Waals surface area contributed by atoms with E-state index in [0.717, 1.165) is 24.3 Å². The van der Waals surface area contributed by atoms with Gasteiger partial charge < -0.3 is 4.74 Å². The van der Waals surface area contributed by atoms with Gasteiger partial charge in [-0.15, -0.1) is 0 Å². The Hall–Kier alpha value is -3.58. The molecule has 2 aromatic rings. The largest absolute Gasteiger partial charge is 0.501 e. The first-order valence-electron chi connectivity index (χ1n) is 9.14. The molecule has 13 heteroatoms. The standard InChI is InChI=1S/C21H14F6N2O4S.CH4/c1-19(11-29,12-33-18-8-13(10-28)2-7-16(18)20(22,23)24)9-17(30)14-3-5-15(6-4-14)34(31,32)21(25,26)27;/h2-8H,9,12H2,1H3;1H4/t19-;/m0./s1. The van der Waals surface area contributed by atoms with Crippen LogP contribution in [0, 0.1) is 28.1 Å². The Morgan fingerprint density at radius 1 is 1.00 bits per heavy atom. The lowest BCUT2D eigenvalue weighted by Crippen LogP contribution is -2.27. The topological polar surface area (TPSA) is 108 Å². The lowest BCUT2D eigenvalue weighted by Gasteiger charge is -2.23. The molecule has 0 aliphatic carbocycles. The van der Waals surface area contributed by atoms with Crippen molar-refractivity contribution in [3.63, 3.8) is 0 Å². The number of ketones is 1. The van der Waals surface area contributed by atoms with E-state index in [0.29, 0.717) is 18.2 Å². The molecule has 0 radical (unpaired) electrons. The zero-order chi connectivity index (χ0) is 25.9. The number of Topliss-reactive ketones (excluding diaryl/α,β-unsaturated/α-hetero) is 1. The molecule has 0 saturated heterocycles. The summed E-state index contributed by atoms with van der Waals surface area (Å²) in [4.78, 5) is 11.4. The molecule has 35 heavy (non-hydrogen) atoms. The zero-order valence-electron chi connectivity index (χ0n) is 17.2. The predicted molar refractivity (Wildman–Crippen MR) is 111 cm³/mol. The van der Waals surface area contributed by atoms with Crippen LogP contribution >= 0.6 is 0 Å². The molecule has 0 N–H and O–H groups in total. The van der Waals surface area contributed by atoms with E-state index in [1.807, 2.05) is 0 Å². The summed E-state index contributed by atoms with van der Waals surface area (Å²) in [7, 11) is -5.62. The normalized spacial score (nSPS) is 13.5. The molecule has 1 atom stereocenters. The van der Waals surface area contributed by atoms with E-state index in [9.17, 15) is 44.8 Å². The molecule has 0 aromatic heterocycles. The van der Waals surface area contributed by atoms with Gasteiger partial charge in [-0.2, -0.15) is 36.9 Å². The molecule has 2 aromatic carbocycles. The van der Waals surface area contributed by atoms with Gasteiger partial charge >= 0.3 is 11.7 Å². The Labute approximate surface area is 197 Å². The second-order valence-corrected chi connectivity index (χ2v) is 9.30. The van der Waals surface area contributed by atoms with Crippen molar-refractivity contribution < 1.29 is 44.3 Å². The van der Waals surface area contributed by atoms with Crippen LogP contribution in [0.2, 0.25) is 0 Å². The molecule has 0 fully saturated rings. The van der Waals surface area contributed by atoms with Crippen LogP contribution in [0.1, 0.15) is 42.3 Å². The molecule has 0 bridgehead atoms. The van der Waals surface area contributed by atoms with Crippen LogP contribution in [0.15, 0.2) is 47.4 Å². The Balaban J connectivity index is 0.00000612. The molecule has 0 aliphatic rings. The van der Waals surface area contributed by atoms with Gasteiger partial charge in [-0.3, -0.25) is 4.79 Å². The highest BCUT2D eigenvalue weighted by atomic mass is 32.2. The Kier molecular flexibility index (Phi) is 8.72. The number of alkyl halides is 6. The molecule has 6 nitrogen and oxygen atoms in total. The van der Waals surface area contributed by atoms with Crippen molar-refractivity contribution in [3.8, 4) is 17.9 Å². The zero-order valence-corrected chi connectivity index (χ0v) is 18.0. The second kappa shape index (κ2) is 10.4. The third-order valence-electron chi connectivity index (χ3n) is 4.57. The first-order valence-corrected chi connectivity index (χ1v) is 10.6. The van der Waals surface area contributed by atoms with Gasteiger partial charge in [0.2, 0.25) is 0 Å². The van der Waals surface area contributed by atoms with Gasteiger partial charge in [-0.05, 0) is 37.3 Å². The molecule has 0 unspecified atom stereocenters. The smallest absolute Gasteiger partial charge is 0.491 e. The summed E-state index contributed by atoms with van der Waals surface area (Å²) >= 11 is 0. The van der Waals surface area contributed by atoms with Gasteiger partial charge in [0.05, 0.1) is 33.6 Å². The minimum atomic E-state index is -5.62. The van der Waals surface area contributed by atoms with Crippen LogP contribution in [-0.4, -0.2) is 26.3 Å². The lowest BCUT2D eigenvalue weighted by molar-refractivity contribution is -0.139. The maximum absolute atomic E-state index is 13.2. The monoisotopic (exact) mass is 520 g/mol. The number of hydrogen-bond donors (Lipinski definition) is 0.